The Balaban J connectivity index is 1.65. The number of rotatable bonds is 5. The van der Waals surface area contributed by atoms with Gasteiger partial charge in [0.05, 0.1) is 6.21 Å². The van der Waals surface area contributed by atoms with E-state index in [4.69, 9.17) is 12.2 Å². The Morgan fingerprint density at radius 2 is 1.81 bits per heavy atom. The van der Waals surface area contributed by atoms with Crippen LogP contribution in [0.1, 0.15) is 29.4 Å². The molecule has 0 unspecified atom stereocenters. The van der Waals surface area contributed by atoms with Gasteiger partial charge in [-0.05, 0) is 46.1 Å². The molecule has 0 fully saturated rings. The van der Waals surface area contributed by atoms with Gasteiger partial charge in [0.2, 0.25) is 4.77 Å². The number of hydrogen-bond donors (Lipinski definition) is 1. The lowest BCUT2D eigenvalue weighted by atomic mass is 10.0. The largest absolute Gasteiger partial charge is 0.250 e. The Labute approximate surface area is 163 Å². The van der Waals surface area contributed by atoms with E-state index < -0.39 is 0 Å². The van der Waals surface area contributed by atoms with Crippen molar-refractivity contribution >= 4 is 29.2 Å². The molecule has 0 amide bonds. The number of aromatic amines is 1. The van der Waals surface area contributed by atoms with Crippen molar-refractivity contribution in [2.24, 2.45) is 5.10 Å². The van der Waals surface area contributed by atoms with Gasteiger partial charge < -0.3 is 0 Å². The van der Waals surface area contributed by atoms with Gasteiger partial charge in [0.1, 0.15) is 0 Å². The Morgan fingerprint density at radius 1 is 1.04 bits per heavy atom. The number of fused-ring (bicyclic) bond motifs is 1. The quantitative estimate of drug-likeness (QED) is 0.390. The Hall–Kier alpha value is -3.05. The van der Waals surface area contributed by atoms with Gasteiger partial charge in [-0.2, -0.15) is 14.9 Å². The highest BCUT2D eigenvalue weighted by atomic mass is 32.1. The maximum Gasteiger partial charge on any atom is 0.216 e. The minimum absolute atomic E-state index is 0.492. The molecule has 0 saturated heterocycles. The number of H-pyrrole nitrogens is 1. The molecular weight excluding hydrogens is 352 g/mol. The minimum atomic E-state index is 0.492. The van der Waals surface area contributed by atoms with Crippen LogP contribution in [-0.2, 0) is 12.8 Å². The third-order valence-corrected chi connectivity index (χ3v) is 4.92. The van der Waals surface area contributed by atoms with Gasteiger partial charge in [0.15, 0.2) is 5.82 Å². The average molecular weight is 372 g/mol. The normalized spacial score (nSPS) is 11.4. The van der Waals surface area contributed by atoms with Crippen LogP contribution in [0.4, 0.5) is 0 Å². The van der Waals surface area contributed by atoms with E-state index in [1.165, 1.54) is 21.9 Å². The number of nitrogens with zero attached hydrogens (tertiary/aromatic N) is 3. The van der Waals surface area contributed by atoms with Crippen molar-refractivity contribution in [1.82, 2.24) is 14.9 Å². The number of aromatic nitrogens is 3. The monoisotopic (exact) mass is 372 g/mol. The molecule has 0 bridgehead atoms. The van der Waals surface area contributed by atoms with Gasteiger partial charge in [-0.25, -0.2) is 0 Å². The van der Waals surface area contributed by atoms with Crippen LogP contribution in [0.25, 0.3) is 10.8 Å². The molecular formula is C22H20N4S. The van der Waals surface area contributed by atoms with Crippen molar-refractivity contribution in [3.8, 4) is 0 Å². The predicted octanol–water partition coefficient (Wildman–Crippen LogP) is 5.13. The van der Waals surface area contributed by atoms with Crippen LogP contribution in [0.2, 0.25) is 0 Å². The molecule has 1 aromatic heterocycles. The van der Waals surface area contributed by atoms with Crippen molar-refractivity contribution in [2.75, 3.05) is 0 Å². The van der Waals surface area contributed by atoms with Gasteiger partial charge in [0.25, 0.3) is 0 Å². The van der Waals surface area contributed by atoms with E-state index in [9.17, 15) is 0 Å². The highest BCUT2D eigenvalue weighted by Gasteiger charge is 2.09. The van der Waals surface area contributed by atoms with Crippen molar-refractivity contribution in [3.05, 3.63) is 94.0 Å². The van der Waals surface area contributed by atoms with Crippen LogP contribution >= 0.6 is 12.2 Å². The Bertz CT molecular complexity index is 1150. The average Bonchev–Trinajstić information content (AvgIpc) is 3.06. The summed E-state index contributed by atoms with van der Waals surface area (Å²) < 4.78 is 2.19. The second kappa shape index (κ2) is 7.68. The van der Waals surface area contributed by atoms with Crippen LogP contribution in [0.15, 0.2) is 71.8 Å². The van der Waals surface area contributed by atoms with Crippen molar-refractivity contribution in [2.45, 2.75) is 19.8 Å². The van der Waals surface area contributed by atoms with Gasteiger partial charge in [-0.15, -0.1) is 0 Å². The summed E-state index contributed by atoms with van der Waals surface area (Å²) in [6, 6.07) is 23.0. The molecule has 4 aromatic rings. The number of benzene rings is 3. The fourth-order valence-electron chi connectivity index (χ4n) is 3.14. The minimum Gasteiger partial charge on any atom is -0.250 e. The highest BCUT2D eigenvalue weighted by Crippen LogP contribution is 2.20. The molecule has 3 aromatic carbocycles. The summed E-state index contributed by atoms with van der Waals surface area (Å²) in [5, 5.41) is 14.3. The molecule has 0 saturated carbocycles. The zero-order valence-electron chi connectivity index (χ0n) is 15.1. The number of aryl methyl sites for hydroxylation is 1. The topological polar surface area (TPSA) is 46.0 Å². The van der Waals surface area contributed by atoms with Gasteiger partial charge >= 0.3 is 0 Å². The third-order valence-electron chi connectivity index (χ3n) is 4.66. The fourth-order valence-corrected chi connectivity index (χ4v) is 3.34. The van der Waals surface area contributed by atoms with Crippen LogP contribution in [0.3, 0.4) is 0 Å². The molecule has 4 nitrogen and oxygen atoms in total. The maximum absolute atomic E-state index is 5.37. The summed E-state index contributed by atoms with van der Waals surface area (Å²) in [7, 11) is 0. The van der Waals surface area contributed by atoms with E-state index in [0.29, 0.717) is 11.2 Å². The summed E-state index contributed by atoms with van der Waals surface area (Å²) in [5.41, 5.74) is 3.54. The van der Waals surface area contributed by atoms with E-state index >= 15 is 0 Å². The van der Waals surface area contributed by atoms with E-state index in [1.54, 1.807) is 4.68 Å². The molecule has 27 heavy (non-hydrogen) atoms. The first-order chi connectivity index (χ1) is 13.2. The lowest BCUT2D eigenvalue weighted by Crippen LogP contribution is -2.01. The molecule has 1 N–H and O–H groups in total. The molecule has 5 heteroatoms. The van der Waals surface area contributed by atoms with E-state index in [1.807, 2.05) is 6.21 Å². The molecule has 0 aliphatic rings. The van der Waals surface area contributed by atoms with Crippen molar-refractivity contribution < 1.29 is 0 Å². The van der Waals surface area contributed by atoms with Crippen LogP contribution < -0.4 is 0 Å². The molecule has 0 aliphatic heterocycles. The van der Waals surface area contributed by atoms with Crippen LogP contribution in [0.5, 0.6) is 0 Å². The van der Waals surface area contributed by atoms with Crippen molar-refractivity contribution in [3.63, 3.8) is 0 Å². The van der Waals surface area contributed by atoms with Gasteiger partial charge in [-0.3, -0.25) is 5.10 Å². The van der Waals surface area contributed by atoms with Gasteiger partial charge in [0, 0.05) is 6.42 Å². The first-order valence-electron chi connectivity index (χ1n) is 9.01. The Morgan fingerprint density at radius 3 is 2.63 bits per heavy atom. The van der Waals surface area contributed by atoms with Crippen LogP contribution in [0, 0.1) is 4.77 Å². The lowest BCUT2D eigenvalue weighted by Gasteiger charge is -2.06. The number of nitrogens with one attached hydrogen (secondary N) is 1. The van der Waals surface area contributed by atoms with E-state index in [2.05, 4.69) is 89.0 Å². The predicted molar refractivity (Wildman–Crippen MR) is 113 cm³/mol. The number of hydrogen-bond acceptors (Lipinski definition) is 3. The van der Waals surface area contributed by atoms with Crippen LogP contribution in [-0.4, -0.2) is 21.1 Å². The molecule has 0 radical (unpaired) electrons. The second-order valence-electron chi connectivity index (χ2n) is 6.41. The molecule has 134 valence electrons. The second-order valence-corrected chi connectivity index (χ2v) is 6.80. The summed E-state index contributed by atoms with van der Waals surface area (Å²) in [5.74, 6) is 0.790. The van der Waals surface area contributed by atoms with E-state index in [-0.39, 0.29) is 0 Å². The molecule has 0 atom stereocenters. The smallest absolute Gasteiger partial charge is 0.216 e. The zero-order valence-corrected chi connectivity index (χ0v) is 15.9. The summed E-state index contributed by atoms with van der Waals surface area (Å²) in [6.45, 7) is 2.15. The Kier molecular flexibility index (Phi) is 4.94. The van der Waals surface area contributed by atoms with Crippen molar-refractivity contribution in [1.29, 1.82) is 0 Å². The standard InChI is InChI=1S/C22H20N4S/c1-2-16-10-12-17(13-11-16)15-23-26-21(24-25-22(26)27)14-19-8-5-7-18-6-3-4-9-20(18)19/h3-13,15H,2,14H2,1H3,(H,25,27)/b23-15-. The summed E-state index contributed by atoms with van der Waals surface area (Å²) >= 11 is 5.37. The maximum atomic E-state index is 5.37. The summed E-state index contributed by atoms with van der Waals surface area (Å²) in [4.78, 5) is 0. The van der Waals surface area contributed by atoms with Gasteiger partial charge in [-0.1, -0.05) is 73.7 Å². The molecule has 4 rings (SSSR count). The molecule has 1 heterocycles. The molecule has 0 spiro atoms. The summed E-state index contributed by atoms with van der Waals surface area (Å²) in [6.07, 6.45) is 3.50. The lowest BCUT2D eigenvalue weighted by molar-refractivity contribution is 0.793. The zero-order chi connectivity index (χ0) is 18.6. The van der Waals surface area contributed by atoms with E-state index in [0.717, 1.165) is 17.8 Å². The molecule has 0 aliphatic carbocycles. The first kappa shape index (κ1) is 17.4. The fraction of sp³-hybridized carbons (Fsp3) is 0.136. The SMILES string of the molecule is CCc1ccc(/C=N\n2c(Cc3cccc4ccccc34)n[nH]c2=S)cc1. The highest BCUT2D eigenvalue weighted by molar-refractivity contribution is 7.71. The first-order valence-corrected chi connectivity index (χ1v) is 9.41. The third kappa shape index (κ3) is 3.73.